The van der Waals surface area contributed by atoms with Gasteiger partial charge in [-0.25, -0.2) is 0 Å². The third kappa shape index (κ3) is 20.4. The van der Waals surface area contributed by atoms with E-state index in [0.29, 0.717) is 5.56 Å². The molecule has 22 nitrogen and oxygen atoms in total. The summed E-state index contributed by atoms with van der Waals surface area (Å²) in [4.78, 5) is 137. The van der Waals surface area contributed by atoms with Crippen molar-refractivity contribution in [3.05, 3.63) is 35.9 Å². The van der Waals surface area contributed by atoms with Crippen LogP contribution in [0.25, 0.3) is 0 Å². The Bertz CT molecular complexity index is 1930. The molecule has 2 unspecified atom stereocenters. The molecule has 1 aromatic rings. The number of nitrogens with one attached hydrogen (secondary N) is 6. The highest BCUT2D eigenvalue weighted by atomic mass is 16.3. The van der Waals surface area contributed by atoms with E-state index >= 15 is 0 Å². The van der Waals surface area contributed by atoms with E-state index in [-0.39, 0.29) is 83.5 Å². The average molecular weight is 988 g/mol. The van der Waals surface area contributed by atoms with Gasteiger partial charge in [-0.05, 0) is 90.4 Å². The van der Waals surface area contributed by atoms with Crippen molar-refractivity contribution >= 4 is 58.6 Å². The van der Waals surface area contributed by atoms with Crippen LogP contribution in [0.2, 0.25) is 0 Å². The second kappa shape index (κ2) is 31.0. The van der Waals surface area contributed by atoms with Crippen LogP contribution in [0, 0.1) is 29.6 Å². The first-order valence-electron chi connectivity index (χ1n) is 24.0. The predicted octanol–water partition coefficient (Wildman–Crippen LogP) is -2.66. The molecule has 0 saturated carbocycles. The van der Waals surface area contributed by atoms with Crippen molar-refractivity contribution in [3.63, 3.8) is 0 Å². The molecule has 0 radical (unpaired) electrons. The molecule has 11 atom stereocenters. The third-order valence-electron chi connectivity index (χ3n) is 12.1. The van der Waals surface area contributed by atoms with Crippen LogP contribution in [0.15, 0.2) is 30.3 Å². The molecule has 392 valence electrons. The van der Waals surface area contributed by atoms with E-state index in [1.54, 1.807) is 30.3 Å². The summed E-state index contributed by atoms with van der Waals surface area (Å²) < 4.78 is 0. The molecule has 70 heavy (non-hydrogen) atoms. The molecule has 1 saturated heterocycles. The van der Waals surface area contributed by atoms with Crippen LogP contribution in [0.4, 0.5) is 0 Å². The van der Waals surface area contributed by atoms with Crippen LogP contribution in [0.1, 0.15) is 98.0 Å². The Morgan fingerprint density at radius 2 is 1.24 bits per heavy atom. The van der Waals surface area contributed by atoms with Gasteiger partial charge in [0.25, 0.3) is 0 Å². The van der Waals surface area contributed by atoms with Crippen molar-refractivity contribution in [1.29, 1.82) is 0 Å². The fourth-order valence-corrected chi connectivity index (χ4v) is 8.19. The highest BCUT2D eigenvalue weighted by Gasteiger charge is 2.37. The van der Waals surface area contributed by atoms with E-state index in [1.165, 1.54) is 20.8 Å². The molecule has 1 heterocycles. The molecule has 0 aliphatic carbocycles. The van der Waals surface area contributed by atoms with Gasteiger partial charge in [0.15, 0.2) is 11.6 Å². The number of aliphatic hydroxyl groups is 3. The normalized spacial score (nSPS) is 24.7. The fourth-order valence-electron chi connectivity index (χ4n) is 8.19. The lowest BCUT2D eigenvalue weighted by Gasteiger charge is -2.27. The second-order valence-corrected chi connectivity index (χ2v) is 18.6. The minimum absolute atomic E-state index is 0.00556. The third-order valence-corrected chi connectivity index (χ3v) is 12.1. The van der Waals surface area contributed by atoms with Gasteiger partial charge < -0.3 is 69.2 Å². The standard InChI is InChI=1S/C48H77N9O13/c1-26(2)19-33-24-40(63)37(21-30-9-7-6-8-10-30)55-43(65)32(11-15-49)23-39(62)31(22-41(64)38(25-58)56-45(67)34(28(4)60)20-27(3)59)14-18-52-48(70)42(29(5)61)57-47(69)36(13-17-51)54-46(68)35(12-16-50)53-44(33)66/h6-10,26,28-29,31-38,42,58,60-61H,11-25,49-51H2,1-5H3,(H,52,70)(H,53,66)(H,54,68)(H,55,65)(H,56,67)(H,57,69)/t28?,29?,31-,32-,33-,34+,35+,36+,37-,38-,42+/m1/s1. The SMILES string of the molecule is CC(=O)C[C@H](C(=O)N[C@H](CO)C(=O)C[C@H]1CCNC(=O)[C@H](C(C)O)NC(=O)[C@H](CCN)NC(=O)[C@H](CCN)NC(=O)[C@H](CC(C)C)CC(=O)[C@@H](Cc2ccccc2)NC(=O)[C@H](CCN)CC1=O)C(C)O. The summed E-state index contributed by atoms with van der Waals surface area (Å²) in [5, 5.41) is 46.4. The first-order chi connectivity index (χ1) is 33.1. The van der Waals surface area contributed by atoms with Gasteiger partial charge in [0.2, 0.25) is 35.4 Å². The van der Waals surface area contributed by atoms with Gasteiger partial charge in [-0.2, -0.15) is 0 Å². The Morgan fingerprint density at radius 1 is 0.700 bits per heavy atom. The molecule has 1 aliphatic heterocycles. The van der Waals surface area contributed by atoms with Crippen LogP contribution >= 0.6 is 0 Å². The van der Waals surface area contributed by atoms with Gasteiger partial charge >= 0.3 is 0 Å². The van der Waals surface area contributed by atoms with Crippen molar-refractivity contribution in [1.82, 2.24) is 31.9 Å². The van der Waals surface area contributed by atoms with Crippen LogP contribution in [-0.4, -0.2) is 149 Å². The van der Waals surface area contributed by atoms with Crippen LogP contribution in [0.3, 0.4) is 0 Å². The number of hydrogen-bond acceptors (Lipinski definition) is 16. The van der Waals surface area contributed by atoms with E-state index in [1.807, 2.05) is 13.8 Å². The molecular weight excluding hydrogens is 911 g/mol. The number of nitrogens with two attached hydrogens (primary N) is 3. The van der Waals surface area contributed by atoms with Crippen molar-refractivity contribution in [2.45, 2.75) is 141 Å². The van der Waals surface area contributed by atoms with Crippen LogP contribution < -0.4 is 49.1 Å². The first kappa shape index (κ1) is 60.6. The summed E-state index contributed by atoms with van der Waals surface area (Å²) in [6.07, 6.45) is -5.08. The summed E-state index contributed by atoms with van der Waals surface area (Å²) in [5.74, 6) is -12.2. The number of ketones is 4. The van der Waals surface area contributed by atoms with Crippen molar-refractivity contribution in [2.24, 2.45) is 46.8 Å². The minimum Gasteiger partial charge on any atom is -0.394 e. The molecule has 22 heteroatoms. The predicted molar refractivity (Wildman–Crippen MR) is 256 cm³/mol. The Kier molecular flexibility index (Phi) is 26.8. The van der Waals surface area contributed by atoms with E-state index in [0.717, 1.165) is 0 Å². The Morgan fingerprint density at radius 3 is 1.77 bits per heavy atom. The van der Waals surface area contributed by atoms with E-state index in [4.69, 9.17) is 17.2 Å². The summed E-state index contributed by atoms with van der Waals surface area (Å²) >= 11 is 0. The minimum atomic E-state index is -1.62. The van der Waals surface area contributed by atoms with Crippen LogP contribution in [-0.2, 0) is 54.4 Å². The van der Waals surface area contributed by atoms with Gasteiger partial charge in [0.05, 0.1) is 30.8 Å². The quantitative estimate of drug-likeness (QED) is 0.0634. The number of rotatable bonds is 20. The van der Waals surface area contributed by atoms with Gasteiger partial charge in [0.1, 0.15) is 35.7 Å². The topological polar surface area (TPSA) is 382 Å². The number of carbonyl (C=O) groups is 10. The highest BCUT2D eigenvalue weighted by Crippen LogP contribution is 2.23. The number of carbonyl (C=O) groups excluding carboxylic acids is 10. The summed E-state index contributed by atoms with van der Waals surface area (Å²) in [7, 11) is 0. The molecule has 0 spiro atoms. The number of aliphatic hydroxyl groups excluding tert-OH is 3. The molecule has 1 aromatic carbocycles. The number of hydrogen-bond donors (Lipinski definition) is 12. The lowest BCUT2D eigenvalue weighted by atomic mass is 9.85. The molecule has 0 aromatic heterocycles. The number of benzene rings is 1. The maximum atomic E-state index is 14.4. The van der Waals surface area contributed by atoms with Gasteiger partial charge in [-0.3, -0.25) is 43.2 Å². The van der Waals surface area contributed by atoms with Gasteiger partial charge in [-0.15, -0.1) is 0 Å². The van der Waals surface area contributed by atoms with Crippen molar-refractivity contribution in [3.8, 4) is 0 Å². The molecule has 15 N–H and O–H groups in total. The summed E-state index contributed by atoms with van der Waals surface area (Å²) in [6.45, 7) is 5.85. The molecule has 1 fully saturated rings. The van der Waals surface area contributed by atoms with Gasteiger partial charge in [-0.1, -0.05) is 44.2 Å². The second-order valence-electron chi connectivity index (χ2n) is 18.6. The average Bonchev–Trinajstić information content (AvgIpc) is 3.29. The molecule has 0 bridgehead atoms. The molecule has 1 aliphatic rings. The monoisotopic (exact) mass is 988 g/mol. The lowest BCUT2D eigenvalue weighted by Crippen LogP contribution is -2.59. The Balaban J connectivity index is 2.73. The van der Waals surface area contributed by atoms with Gasteiger partial charge in [0, 0.05) is 50.0 Å². The summed E-state index contributed by atoms with van der Waals surface area (Å²) in [6, 6.07) is 1.66. The maximum Gasteiger partial charge on any atom is 0.245 e. The highest BCUT2D eigenvalue weighted by molar-refractivity contribution is 5.98. The molecule has 2 rings (SSSR count). The first-order valence-corrected chi connectivity index (χ1v) is 24.0. The number of amides is 6. The van der Waals surface area contributed by atoms with E-state index < -0.39 is 144 Å². The Labute approximate surface area is 409 Å². The van der Waals surface area contributed by atoms with Crippen LogP contribution in [0.5, 0.6) is 0 Å². The maximum absolute atomic E-state index is 14.4. The lowest BCUT2D eigenvalue weighted by molar-refractivity contribution is -0.137. The van der Waals surface area contributed by atoms with E-state index in [2.05, 4.69) is 31.9 Å². The Hall–Kier alpha value is -5.52. The fraction of sp³-hybridized carbons (Fsp3) is 0.667. The number of Topliss-reactive ketones (excluding diaryl/α,β-unsaturated/α-hetero) is 4. The van der Waals surface area contributed by atoms with E-state index in [9.17, 15) is 63.3 Å². The summed E-state index contributed by atoms with van der Waals surface area (Å²) in [5.41, 5.74) is 18.3. The molecule has 6 amide bonds. The zero-order valence-corrected chi connectivity index (χ0v) is 41.1. The van der Waals surface area contributed by atoms with Crippen molar-refractivity contribution < 1.29 is 63.3 Å². The van der Waals surface area contributed by atoms with Crippen molar-refractivity contribution in [2.75, 3.05) is 32.8 Å². The smallest absolute Gasteiger partial charge is 0.245 e. The zero-order valence-electron chi connectivity index (χ0n) is 41.1. The zero-order chi connectivity index (χ0) is 52.7. The largest absolute Gasteiger partial charge is 0.394 e. The molecular formula is C48H77N9O13.